The maximum atomic E-state index is 12.4. The number of halogens is 2. The van der Waals surface area contributed by atoms with Crippen LogP contribution in [0.25, 0.3) is 0 Å². The standard InChI is InChI=1S/C8H3F2NO2/c9-8(10)12-6-2-1-5(4-11)3-7(6)13-8/h1-3H. The number of hydrogen-bond donors (Lipinski definition) is 0. The third kappa shape index (κ3) is 1.26. The van der Waals surface area contributed by atoms with Crippen molar-refractivity contribution in [3.05, 3.63) is 23.8 Å². The molecule has 3 nitrogen and oxygen atoms in total. The van der Waals surface area contributed by atoms with E-state index in [-0.39, 0.29) is 17.1 Å². The number of nitriles is 1. The van der Waals surface area contributed by atoms with Gasteiger partial charge in [-0.3, -0.25) is 0 Å². The SMILES string of the molecule is N#Cc1ccc2c(c1)OC(F)(F)O2. The van der Waals surface area contributed by atoms with Crippen LogP contribution in [0.1, 0.15) is 5.56 Å². The van der Waals surface area contributed by atoms with E-state index < -0.39 is 6.29 Å². The molecule has 1 aromatic rings. The van der Waals surface area contributed by atoms with E-state index in [1.165, 1.54) is 18.2 Å². The summed E-state index contributed by atoms with van der Waals surface area (Å²) in [6, 6.07) is 5.66. The zero-order valence-electron chi connectivity index (χ0n) is 6.25. The quantitative estimate of drug-likeness (QED) is 0.616. The molecule has 1 aliphatic rings. The third-order valence-electron chi connectivity index (χ3n) is 1.53. The molecule has 1 aliphatic heterocycles. The van der Waals surface area contributed by atoms with E-state index in [9.17, 15) is 8.78 Å². The molecule has 1 aromatic carbocycles. The minimum Gasteiger partial charge on any atom is -0.395 e. The lowest BCUT2D eigenvalue weighted by atomic mass is 10.2. The molecule has 0 saturated heterocycles. The van der Waals surface area contributed by atoms with Crippen LogP contribution in [0.15, 0.2) is 18.2 Å². The van der Waals surface area contributed by atoms with Gasteiger partial charge in [0.25, 0.3) is 0 Å². The lowest BCUT2D eigenvalue weighted by molar-refractivity contribution is -0.286. The fraction of sp³-hybridized carbons (Fsp3) is 0.125. The number of rotatable bonds is 0. The Morgan fingerprint density at radius 1 is 1.23 bits per heavy atom. The van der Waals surface area contributed by atoms with Crippen LogP contribution in [0.5, 0.6) is 11.5 Å². The zero-order valence-corrected chi connectivity index (χ0v) is 6.25. The maximum absolute atomic E-state index is 12.4. The molecule has 66 valence electrons. The minimum atomic E-state index is -3.61. The lowest BCUT2D eigenvalue weighted by Gasteiger charge is -2.04. The third-order valence-corrected chi connectivity index (χ3v) is 1.53. The van der Waals surface area contributed by atoms with Crippen molar-refractivity contribution in [2.75, 3.05) is 0 Å². The normalized spacial score (nSPS) is 16.7. The Morgan fingerprint density at radius 3 is 2.62 bits per heavy atom. The molecule has 13 heavy (non-hydrogen) atoms. The van der Waals surface area contributed by atoms with Crippen molar-refractivity contribution in [2.45, 2.75) is 6.29 Å². The number of benzene rings is 1. The van der Waals surface area contributed by atoms with Crippen LogP contribution in [0.2, 0.25) is 0 Å². The summed E-state index contributed by atoms with van der Waals surface area (Å²) >= 11 is 0. The molecule has 1 heterocycles. The second kappa shape index (κ2) is 2.33. The van der Waals surface area contributed by atoms with E-state index in [1.54, 1.807) is 6.07 Å². The van der Waals surface area contributed by atoms with Crippen molar-refractivity contribution in [3.8, 4) is 17.6 Å². The van der Waals surface area contributed by atoms with Gasteiger partial charge in [0.05, 0.1) is 11.6 Å². The van der Waals surface area contributed by atoms with Gasteiger partial charge < -0.3 is 9.47 Å². The Balaban J connectivity index is 2.43. The fourth-order valence-electron chi connectivity index (χ4n) is 1.02. The van der Waals surface area contributed by atoms with Gasteiger partial charge in [0.15, 0.2) is 11.5 Å². The van der Waals surface area contributed by atoms with Gasteiger partial charge in [-0.15, -0.1) is 8.78 Å². The highest BCUT2D eigenvalue weighted by molar-refractivity contribution is 5.48. The average Bonchev–Trinajstić information content (AvgIpc) is 2.36. The molecule has 0 spiro atoms. The first-order chi connectivity index (χ1) is 6.11. The highest BCUT2D eigenvalue weighted by Crippen LogP contribution is 2.40. The van der Waals surface area contributed by atoms with E-state index in [0.717, 1.165) is 0 Å². The Kier molecular flexibility index (Phi) is 1.40. The van der Waals surface area contributed by atoms with Crippen molar-refractivity contribution < 1.29 is 18.3 Å². The van der Waals surface area contributed by atoms with Gasteiger partial charge in [-0.1, -0.05) is 0 Å². The summed E-state index contributed by atoms with van der Waals surface area (Å²) in [5.41, 5.74) is 0.250. The van der Waals surface area contributed by atoms with Crippen LogP contribution in [-0.2, 0) is 0 Å². The Labute approximate surface area is 72.1 Å². The van der Waals surface area contributed by atoms with Crippen LogP contribution < -0.4 is 9.47 Å². The summed E-state index contributed by atoms with van der Waals surface area (Å²) in [5.74, 6) is -0.159. The Hall–Kier alpha value is -1.83. The van der Waals surface area contributed by atoms with Crippen LogP contribution in [0, 0.1) is 11.3 Å². The molecule has 0 unspecified atom stereocenters. The molecule has 0 amide bonds. The van der Waals surface area contributed by atoms with Gasteiger partial charge >= 0.3 is 6.29 Å². The molecule has 0 atom stereocenters. The van der Waals surface area contributed by atoms with Crippen molar-refractivity contribution in [2.24, 2.45) is 0 Å². The second-order valence-electron chi connectivity index (χ2n) is 2.44. The lowest BCUT2D eigenvalue weighted by Crippen LogP contribution is -2.25. The van der Waals surface area contributed by atoms with Gasteiger partial charge in [-0.05, 0) is 12.1 Å². The molecule has 0 aliphatic carbocycles. The molecular formula is C8H3F2NO2. The van der Waals surface area contributed by atoms with Crippen molar-refractivity contribution in [1.29, 1.82) is 5.26 Å². The number of ether oxygens (including phenoxy) is 2. The van der Waals surface area contributed by atoms with Gasteiger partial charge in [0, 0.05) is 6.07 Å². The Morgan fingerprint density at radius 2 is 1.92 bits per heavy atom. The number of nitrogens with zero attached hydrogens (tertiary/aromatic N) is 1. The van der Waals surface area contributed by atoms with Crippen LogP contribution in [0.4, 0.5) is 8.78 Å². The molecule has 0 radical (unpaired) electrons. The summed E-state index contributed by atoms with van der Waals surface area (Å²) in [4.78, 5) is 0. The Bertz CT molecular complexity index is 398. The summed E-state index contributed by atoms with van der Waals surface area (Å²) in [6.45, 7) is 0. The number of fused-ring (bicyclic) bond motifs is 1. The van der Waals surface area contributed by atoms with E-state index in [4.69, 9.17) is 5.26 Å². The summed E-state index contributed by atoms with van der Waals surface area (Å²) in [6.07, 6.45) is -3.61. The largest absolute Gasteiger partial charge is 0.586 e. The molecule has 0 aromatic heterocycles. The highest BCUT2D eigenvalue weighted by Gasteiger charge is 2.43. The van der Waals surface area contributed by atoms with E-state index in [0.29, 0.717) is 0 Å². The molecular weight excluding hydrogens is 180 g/mol. The molecule has 0 fully saturated rings. The molecule has 2 rings (SSSR count). The van der Waals surface area contributed by atoms with E-state index in [2.05, 4.69) is 9.47 Å². The highest BCUT2D eigenvalue weighted by atomic mass is 19.3. The first-order valence-electron chi connectivity index (χ1n) is 3.41. The topological polar surface area (TPSA) is 42.2 Å². The first kappa shape index (κ1) is 7.80. The molecule has 0 saturated carbocycles. The van der Waals surface area contributed by atoms with Gasteiger partial charge in [0.2, 0.25) is 0 Å². The average molecular weight is 183 g/mol. The molecule has 5 heteroatoms. The number of hydrogen-bond acceptors (Lipinski definition) is 3. The van der Waals surface area contributed by atoms with Crippen LogP contribution >= 0.6 is 0 Å². The van der Waals surface area contributed by atoms with Crippen LogP contribution in [0.3, 0.4) is 0 Å². The van der Waals surface area contributed by atoms with Crippen molar-refractivity contribution >= 4 is 0 Å². The molecule has 0 bridgehead atoms. The summed E-state index contributed by atoms with van der Waals surface area (Å²) < 4.78 is 33.1. The summed E-state index contributed by atoms with van der Waals surface area (Å²) in [7, 11) is 0. The van der Waals surface area contributed by atoms with Crippen LogP contribution in [-0.4, -0.2) is 6.29 Å². The number of alkyl halides is 2. The first-order valence-corrected chi connectivity index (χ1v) is 3.41. The van der Waals surface area contributed by atoms with E-state index >= 15 is 0 Å². The van der Waals surface area contributed by atoms with Gasteiger partial charge in [-0.2, -0.15) is 5.26 Å². The maximum Gasteiger partial charge on any atom is 0.586 e. The van der Waals surface area contributed by atoms with Gasteiger partial charge in [-0.25, -0.2) is 0 Å². The predicted molar refractivity (Wildman–Crippen MR) is 37.4 cm³/mol. The van der Waals surface area contributed by atoms with Crippen molar-refractivity contribution in [3.63, 3.8) is 0 Å². The fourth-order valence-corrected chi connectivity index (χ4v) is 1.02. The zero-order chi connectivity index (χ0) is 9.47. The smallest absolute Gasteiger partial charge is 0.395 e. The summed E-state index contributed by atoms with van der Waals surface area (Å²) in [5, 5.41) is 8.47. The molecule has 0 N–H and O–H groups in total. The second-order valence-corrected chi connectivity index (χ2v) is 2.44. The van der Waals surface area contributed by atoms with Crippen molar-refractivity contribution in [1.82, 2.24) is 0 Å². The van der Waals surface area contributed by atoms with Gasteiger partial charge in [0.1, 0.15) is 0 Å². The van der Waals surface area contributed by atoms with E-state index in [1.807, 2.05) is 0 Å². The minimum absolute atomic E-state index is 0.0519. The monoisotopic (exact) mass is 183 g/mol. The predicted octanol–water partition coefficient (Wildman–Crippen LogP) is 1.88.